The minimum Gasteiger partial charge on any atom is -0.469 e. The van der Waals surface area contributed by atoms with Gasteiger partial charge in [-0.1, -0.05) is 167 Å². The van der Waals surface area contributed by atoms with E-state index in [1.807, 2.05) is 135 Å². The average molecular weight is 2440 g/mol. The van der Waals surface area contributed by atoms with Crippen molar-refractivity contribution in [2.75, 3.05) is 111 Å². The quantitative estimate of drug-likeness (QED) is 0.0411. The number of carbonyl (C=O) groups excluding carboxylic acids is 7. The Bertz CT molecular complexity index is 7250. The summed E-state index contributed by atoms with van der Waals surface area (Å²) in [5.74, 6) is -3.19. The SMILES string of the molecule is C=C(C)N1CCc2cc(Br)c(S(=O)(=O)Nc3ccccc3)cc21.CC(=O)N1CCc2cc(Br)c(S(=O)(=O)CCC(C)C)cc21.CC(=O)N1CCc2cc(Br)c(S(=O)(=O)NCc3ccccc3)cc21.CC(=O)N1CCc2cc(Cl)c(S(=O)(=O)CCCC(C)C)cc21.COC(=O)[C@H](Cc1ccccc1)CS(=O)(=O)c1cc2c(cc1Br)CCN2C(C)=O.COC(=O)[C@H](Cc1ccccc1)CS(=O)(=O)c1cc2c(cc1Cl)CCN2C(C)=O. The van der Waals surface area contributed by atoms with Crippen LogP contribution in [0.1, 0.15) is 139 Å². The number of nitrogens with one attached hydrogen (secondary N) is 2. The van der Waals surface area contributed by atoms with Crippen molar-refractivity contribution in [3.8, 4) is 0 Å². The molecule has 148 heavy (non-hydrogen) atoms. The number of benzene rings is 10. The fourth-order valence-corrected chi connectivity index (χ4v) is 31.8. The van der Waals surface area contributed by atoms with Gasteiger partial charge in [0.15, 0.2) is 39.3 Å². The first-order valence-electron chi connectivity index (χ1n) is 47.7. The Hall–Kier alpha value is -10.0. The maximum atomic E-state index is 13.2. The Labute approximate surface area is 912 Å². The van der Waals surface area contributed by atoms with E-state index in [9.17, 15) is 84.1 Å². The lowest BCUT2D eigenvalue weighted by Gasteiger charge is -2.20. The summed E-state index contributed by atoms with van der Waals surface area (Å²) in [6.45, 7) is 25.2. The van der Waals surface area contributed by atoms with Crippen LogP contribution in [0.4, 0.5) is 39.8 Å². The van der Waals surface area contributed by atoms with Crippen LogP contribution in [0.2, 0.25) is 10.0 Å². The third-order valence-electron chi connectivity index (χ3n) is 25.5. The number of rotatable bonds is 29. The molecule has 16 rings (SSSR count). The molecule has 10 aromatic rings. The number of hydrogen-bond acceptors (Lipinski definition) is 22. The number of methoxy groups -OCH3 is 2. The standard InChI is InChI=1S/C21H22BrNO5S.C21H22ClNO5S.C17H17BrN2O3S.C17H17BrN2O2S.C16H22ClNO3S.C15H20BrNO3S/c2*1-14(24)23-9-8-16-11-18(22)20(12-19(16)23)29(26,27)13-17(21(25)28-2)10-15-6-4-3-5-7-15;1-12(21)20-8-7-14-9-15(18)17(10-16(14)20)24(22,23)19-11-13-5-3-2-4-6-13;1-12(2)20-9-8-13-10-15(18)17(11-16(13)20)23(21,22)19-14-6-4-3-5-7-14;1-11(2)5-4-8-22(20,21)16-10-15-13(9-14(16)17)6-7-18(15)12(3)19;1-10(2)5-7-21(19,20)15-9-14-12(8-13(15)16)4-6-17(14)11(3)18/h2*3-7,11-12,17H,8-10,13H2,1-2H3;2-6,9-10,19H,7-8,11H2,1H3;3-7,10-11,19H,1,8-9H2,2H3;9-11H,4-8H2,1-3H3;8-10H,4-7H2,1-3H3/t2*17-;;;;/m11..../s1. The molecule has 0 saturated carbocycles. The molecule has 0 unspecified atom stereocenters. The van der Waals surface area contributed by atoms with E-state index in [-0.39, 0.29) is 106 Å². The van der Waals surface area contributed by atoms with Gasteiger partial charge < -0.3 is 38.9 Å². The van der Waals surface area contributed by atoms with Gasteiger partial charge in [0.05, 0.1) is 83.6 Å². The fraction of sp³-hybridized carbons (Fsp3) is 0.355. The highest BCUT2D eigenvalue weighted by atomic mass is 79.9. The molecule has 41 heteroatoms. The number of allylic oxidation sites excluding steroid dienone is 1. The zero-order valence-electron chi connectivity index (χ0n) is 84.0. The van der Waals surface area contributed by atoms with Gasteiger partial charge in [0, 0.05) is 144 Å². The van der Waals surface area contributed by atoms with E-state index in [2.05, 4.69) is 93.6 Å². The topological polar surface area (TPSA) is 386 Å². The normalized spacial score (nSPS) is 14.2. The number of carbonyl (C=O) groups is 7. The number of para-hydroxylation sites is 1. The smallest absolute Gasteiger partial charge is 0.310 e. The summed E-state index contributed by atoms with van der Waals surface area (Å²) in [7, 11) is -19.4. The van der Waals surface area contributed by atoms with Crippen LogP contribution in [-0.4, -0.2) is 168 Å². The van der Waals surface area contributed by atoms with Crippen LogP contribution in [0.5, 0.6) is 0 Å². The van der Waals surface area contributed by atoms with Crippen molar-refractivity contribution in [3.05, 3.63) is 284 Å². The van der Waals surface area contributed by atoms with Crippen LogP contribution in [0.15, 0.2) is 254 Å². The van der Waals surface area contributed by atoms with Crippen LogP contribution < -0.4 is 38.8 Å². The van der Waals surface area contributed by atoms with Crippen molar-refractivity contribution < 1.29 is 93.5 Å². The van der Waals surface area contributed by atoms with Gasteiger partial charge in [-0.3, -0.25) is 38.3 Å². The second-order valence-corrected chi connectivity index (χ2v) is 53.0. The number of ether oxygens (including phenoxy) is 2. The number of fused-ring (bicyclic) bond motifs is 6. The first-order valence-corrected chi connectivity index (χ1v) is 61.2. The molecule has 0 aliphatic carbocycles. The van der Waals surface area contributed by atoms with Gasteiger partial charge in [0.2, 0.25) is 39.6 Å². The van der Waals surface area contributed by atoms with E-state index in [4.69, 9.17) is 32.7 Å². The predicted octanol–water partition coefficient (Wildman–Crippen LogP) is 19.8. The molecule has 6 heterocycles. The number of nitrogens with zero attached hydrogens (tertiary/aromatic N) is 6. The predicted molar refractivity (Wildman–Crippen MR) is 595 cm³/mol. The maximum Gasteiger partial charge on any atom is 0.310 e. The highest BCUT2D eigenvalue weighted by Gasteiger charge is 2.38. The van der Waals surface area contributed by atoms with Gasteiger partial charge in [0.25, 0.3) is 10.0 Å². The largest absolute Gasteiger partial charge is 0.469 e. The lowest BCUT2D eigenvalue weighted by atomic mass is 10.0. The lowest BCUT2D eigenvalue weighted by Crippen LogP contribution is -2.28. The zero-order valence-corrected chi connectivity index (χ0v) is 96.8. The van der Waals surface area contributed by atoms with Crippen LogP contribution >= 0.6 is 86.9 Å². The number of hydrogen-bond donors (Lipinski definition) is 2. The van der Waals surface area contributed by atoms with E-state index >= 15 is 0 Å². The van der Waals surface area contributed by atoms with Crippen LogP contribution in [0.25, 0.3) is 0 Å². The molecule has 792 valence electrons. The summed E-state index contributed by atoms with van der Waals surface area (Å²) < 4.78 is 171. The Balaban J connectivity index is 0.000000169. The molecule has 0 aromatic heterocycles. The molecule has 2 N–H and O–H groups in total. The van der Waals surface area contributed by atoms with E-state index in [0.717, 1.165) is 99.4 Å². The van der Waals surface area contributed by atoms with E-state index in [1.165, 1.54) is 65.9 Å². The number of amides is 5. The van der Waals surface area contributed by atoms with Crippen molar-refractivity contribution >= 4 is 228 Å². The van der Waals surface area contributed by atoms with E-state index < -0.39 is 88.9 Å². The molecule has 6 aliphatic heterocycles. The Morgan fingerprint density at radius 1 is 0.351 bits per heavy atom. The monoisotopic (exact) mass is 2430 g/mol. The van der Waals surface area contributed by atoms with Crippen molar-refractivity contribution in [2.24, 2.45) is 23.7 Å². The van der Waals surface area contributed by atoms with E-state index in [0.29, 0.717) is 123 Å². The van der Waals surface area contributed by atoms with Crippen LogP contribution in [0.3, 0.4) is 0 Å². The Morgan fingerprint density at radius 2 is 0.628 bits per heavy atom. The molecule has 0 fully saturated rings. The third-order valence-corrected chi connectivity index (χ3v) is 40.2. The summed E-state index contributed by atoms with van der Waals surface area (Å²) in [6.07, 6.45) is 6.97. The third kappa shape index (κ3) is 30.3. The van der Waals surface area contributed by atoms with Gasteiger partial charge in [-0.05, 0) is 288 Å². The molecule has 0 bridgehead atoms. The molecule has 6 aliphatic rings. The number of anilines is 7. The molecule has 0 spiro atoms. The first kappa shape index (κ1) is 118. The molecule has 0 radical (unpaired) electrons. The molecular formula is C107H120Br4Cl2N8O21S6. The summed E-state index contributed by atoms with van der Waals surface area (Å²) in [5.41, 5.74) is 14.0. The summed E-state index contributed by atoms with van der Waals surface area (Å²) in [6, 6.07) is 56.6. The van der Waals surface area contributed by atoms with Crippen molar-refractivity contribution in [2.45, 2.75) is 176 Å². The van der Waals surface area contributed by atoms with E-state index in [1.54, 1.807) is 92.4 Å². The van der Waals surface area contributed by atoms with Gasteiger partial charge in [0.1, 0.15) is 4.90 Å². The van der Waals surface area contributed by atoms with Gasteiger partial charge in [-0.25, -0.2) is 55.2 Å². The minimum atomic E-state index is -3.91. The fourth-order valence-electron chi connectivity index (χ4n) is 17.8. The van der Waals surface area contributed by atoms with Crippen molar-refractivity contribution in [3.63, 3.8) is 0 Å². The summed E-state index contributed by atoms with van der Waals surface area (Å²) >= 11 is 25.9. The number of sulfonamides is 2. The number of esters is 2. The second-order valence-electron chi connectivity index (χ2n) is 37.2. The zero-order chi connectivity index (χ0) is 109. The molecule has 5 amide bonds. The first-order chi connectivity index (χ1) is 69.7. The average Bonchev–Trinajstić information content (AvgIpc) is 1.32. The van der Waals surface area contributed by atoms with Crippen molar-refractivity contribution in [1.82, 2.24) is 4.72 Å². The molecule has 0 saturated heterocycles. The number of sulfone groups is 4. The molecular weight excluding hydrogens is 2320 g/mol. The summed E-state index contributed by atoms with van der Waals surface area (Å²) in [4.78, 5) is 94.1. The van der Waals surface area contributed by atoms with Crippen molar-refractivity contribution in [1.29, 1.82) is 0 Å². The van der Waals surface area contributed by atoms with Gasteiger partial charge >= 0.3 is 11.9 Å². The van der Waals surface area contributed by atoms with Crippen LogP contribution in [0, 0.1) is 23.7 Å². The highest BCUT2D eigenvalue weighted by molar-refractivity contribution is 9.11. The highest BCUT2D eigenvalue weighted by Crippen LogP contribution is 2.44. The lowest BCUT2D eigenvalue weighted by molar-refractivity contribution is -0.145. The molecule has 2 atom stereocenters. The van der Waals surface area contributed by atoms with Gasteiger partial charge in [-0.15, -0.1) is 0 Å². The maximum absolute atomic E-state index is 13.2. The molecule has 29 nitrogen and oxygen atoms in total. The van der Waals surface area contributed by atoms with Crippen LogP contribution in [-0.2, 0) is 160 Å². The number of halogens is 6. The molecule has 10 aromatic carbocycles. The van der Waals surface area contributed by atoms with Gasteiger partial charge in [-0.2, -0.15) is 0 Å². The summed E-state index contributed by atoms with van der Waals surface area (Å²) in [5, 5.41) is 0.353. The Morgan fingerprint density at radius 3 is 0.966 bits per heavy atom. The Kier molecular flexibility index (Phi) is 41.1. The second kappa shape index (κ2) is 51.4. The minimum absolute atomic E-state index is 0.0541.